The third-order valence-electron chi connectivity index (χ3n) is 5.85. The van der Waals surface area contributed by atoms with Crippen molar-refractivity contribution in [1.82, 2.24) is 24.4 Å². The standard InChI is InChI=1S/C24H23FN6O/c1-17-27-14-19(15-28-17)21-13-20(25)4-5-22(21)29-9-11-30(12-10-29)23(32)16-31-8-6-18-3-2-7-26-24(18)31/h2-8,13-15H,9-12,16H2,1H3. The van der Waals surface area contributed by atoms with Crippen LogP contribution in [-0.2, 0) is 11.3 Å². The van der Waals surface area contributed by atoms with Crippen molar-refractivity contribution in [1.29, 1.82) is 0 Å². The number of fused-ring (bicyclic) bond motifs is 1. The molecular formula is C24H23FN6O. The van der Waals surface area contributed by atoms with Crippen LogP contribution in [0.5, 0.6) is 0 Å². The van der Waals surface area contributed by atoms with Crippen molar-refractivity contribution in [3.05, 3.63) is 72.8 Å². The number of nitrogens with zero attached hydrogens (tertiary/aromatic N) is 6. The Kier molecular flexibility index (Phi) is 5.26. The Morgan fingerprint density at radius 2 is 1.81 bits per heavy atom. The van der Waals surface area contributed by atoms with Gasteiger partial charge in [0.1, 0.15) is 23.8 Å². The van der Waals surface area contributed by atoms with E-state index in [0.717, 1.165) is 27.8 Å². The van der Waals surface area contributed by atoms with Gasteiger partial charge in [-0.2, -0.15) is 0 Å². The zero-order valence-corrected chi connectivity index (χ0v) is 17.8. The quantitative estimate of drug-likeness (QED) is 0.497. The van der Waals surface area contributed by atoms with Crippen molar-refractivity contribution in [2.75, 3.05) is 31.1 Å². The van der Waals surface area contributed by atoms with E-state index in [9.17, 15) is 9.18 Å². The molecule has 8 heteroatoms. The summed E-state index contributed by atoms with van der Waals surface area (Å²) >= 11 is 0. The summed E-state index contributed by atoms with van der Waals surface area (Å²) in [7, 11) is 0. The average molecular weight is 430 g/mol. The van der Waals surface area contributed by atoms with Crippen molar-refractivity contribution in [3.63, 3.8) is 0 Å². The highest BCUT2D eigenvalue weighted by Crippen LogP contribution is 2.31. The summed E-state index contributed by atoms with van der Waals surface area (Å²) in [5, 5.41) is 1.02. The van der Waals surface area contributed by atoms with Crippen molar-refractivity contribution in [2.24, 2.45) is 0 Å². The summed E-state index contributed by atoms with van der Waals surface area (Å²) in [6.07, 6.45) is 7.08. The van der Waals surface area contributed by atoms with Crippen LogP contribution in [0.2, 0.25) is 0 Å². The first-order chi connectivity index (χ1) is 15.6. The highest BCUT2D eigenvalue weighted by atomic mass is 19.1. The number of carbonyl (C=O) groups is 1. The number of carbonyl (C=O) groups excluding carboxylic acids is 1. The zero-order valence-electron chi connectivity index (χ0n) is 17.8. The fraction of sp³-hybridized carbons (Fsp3) is 0.250. The van der Waals surface area contributed by atoms with E-state index >= 15 is 0 Å². The van der Waals surface area contributed by atoms with Crippen molar-refractivity contribution >= 4 is 22.6 Å². The van der Waals surface area contributed by atoms with Crippen LogP contribution in [0, 0.1) is 12.7 Å². The number of amides is 1. The molecule has 3 aromatic heterocycles. The first-order valence-electron chi connectivity index (χ1n) is 10.6. The van der Waals surface area contributed by atoms with E-state index in [-0.39, 0.29) is 18.3 Å². The number of pyridine rings is 1. The van der Waals surface area contributed by atoms with Crippen LogP contribution >= 0.6 is 0 Å². The molecular weight excluding hydrogens is 407 g/mol. The smallest absolute Gasteiger partial charge is 0.242 e. The predicted octanol–water partition coefficient (Wildman–Crippen LogP) is 3.29. The van der Waals surface area contributed by atoms with Crippen molar-refractivity contribution in [3.8, 4) is 11.1 Å². The normalized spacial score (nSPS) is 14.2. The molecule has 1 aliphatic rings. The van der Waals surface area contributed by atoms with E-state index in [1.807, 2.05) is 40.8 Å². The average Bonchev–Trinajstić information content (AvgIpc) is 3.22. The summed E-state index contributed by atoms with van der Waals surface area (Å²) in [6.45, 7) is 4.63. The summed E-state index contributed by atoms with van der Waals surface area (Å²) in [5.74, 6) is 0.439. The van der Waals surface area contributed by atoms with E-state index in [1.165, 1.54) is 12.1 Å². The number of piperazine rings is 1. The lowest BCUT2D eigenvalue weighted by atomic mass is 10.0. The molecule has 162 valence electrons. The van der Waals surface area contributed by atoms with Gasteiger partial charge in [0.2, 0.25) is 5.91 Å². The van der Waals surface area contributed by atoms with Crippen LogP contribution in [0.15, 0.2) is 61.2 Å². The van der Waals surface area contributed by atoms with Gasteiger partial charge in [-0.1, -0.05) is 0 Å². The molecule has 5 rings (SSSR count). The van der Waals surface area contributed by atoms with Gasteiger partial charge in [-0.25, -0.2) is 19.3 Å². The maximum Gasteiger partial charge on any atom is 0.242 e. The van der Waals surface area contributed by atoms with Gasteiger partial charge in [-0.15, -0.1) is 0 Å². The fourth-order valence-electron chi connectivity index (χ4n) is 4.14. The molecule has 0 bridgehead atoms. The second kappa shape index (κ2) is 8.37. The lowest BCUT2D eigenvalue weighted by molar-refractivity contribution is -0.132. The maximum atomic E-state index is 14.0. The molecule has 0 N–H and O–H groups in total. The molecule has 0 spiro atoms. The number of hydrogen-bond acceptors (Lipinski definition) is 5. The second-order valence-electron chi connectivity index (χ2n) is 7.91. The fourth-order valence-corrected chi connectivity index (χ4v) is 4.14. The molecule has 4 aromatic rings. The Hall–Kier alpha value is -3.81. The minimum absolute atomic E-state index is 0.0686. The summed E-state index contributed by atoms with van der Waals surface area (Å²) in [4.78, 5) is 29.9. The Bertz CT molecular complexity index is 1260. The topological polar surface area (TPSA) is 67.2 Å². The third-order valence-corrected chi connectivity index (χ3v) is 5.85. The van der Waals surface area contributed by atoms with Gasteiger partial charge >= 0.3 is 0 Å². The number of aromatic nitrogens is 4. The molecule has 1 amide bonds. The molecule has 1 aromatic carbocycles. The number of rotatable bonds is 4. The van der Waals surface area contributed by atoms with Gasteiger partial charge in [0.05, 0.1) is 0 Å². The van der Waals surface area contributed by atoms with Crippen LogP contribution < -0.4 is 4.90 Å². The van der Waals surface area contributed by atoms with E-state index in [1.54, 1.807) is 24.7 Å². The van der Waals surface area contributed by atoms with E-state index in [0.29, 0.717) is 32.0 Å². The molecule has 0 saturated carbocycles. The molecule has 0 unspecified atom stereocenters. The number of hydrogen-bond donors (Lipinski definition) is 0. The molecule has 0 atom stereocenters. The first kappa shape index (κ1) is 20.1. The zero-order chi connectivity index (χ0) is 22.1. The highest BCUT2D eigenvalue weighted by molar-refractivity contribution is 5.82. The van der Waals surface area contributed by atoms with Gasteiger partial charge in [-0.05, 0) is 43.3 Å². The first-order valence-corrected chi connectivity index (χ1v) is 10.6. The van der Waals surface area contributed by atoms with E-state index in [2.05, 4.69) is 19.9 Å². The number of benzene rings is 1. The van der Waals surface area contributed by atoms with Gasteiger partial charge in [0.25, 0.3) is 0 Å². The highest BCUT2D eigenvalue weighted by Gasteiger charge is 2.24. The van der Waals surface area contributed by atoms with Crippen LogP contribution in [0.3, 0.4) is 0 Å². The molecule has 32 heavy (non-hydrogen) atoms. The molecule has 0 aliphatic carbocycles. The van der Waals surface area contributed by atoms with Crippen LogP contribution in [0.25, 0.3) is 22.2 Å². The third kappa shape index (κ3) is 3.91. The summed E-state index contributed by atoms with van der Waals surface area (Å²) < 4.78 is 15.9. The van der Waals surface area contributed by atoms with Crippen molar-refractivity contribution < 1.29 is 9.18 Å². The van der Waals surface area contributed by atoms with Gasteiger partial charge in [0, 0.05) is 73.2 Å². The SMILES string of the molecule is Cc1ncc(-c2cc(F)ccc2N2CCN(C(=O)Cn3ccc4cccnc43)CC2)cn1. The predicted molar refractivity (Wildman–Crippen MR) is 121 cm³/mol. The van der Waals surface area contributed by atoms with E-state index in [4.69, 9.17) is 0 Å². The Morgan fingerprint density at radius 3 is 2.59 bits per heavy atom. The molecule has 1 aliphatic heterocycles. The number of anilines is 1. The maximum absolute atomic E-state index is 14.0. The Labute approximate surface area is 185 Å². The summed E-state index contributed by atoms with van der Waals surface area (Å²) in [6, 6.07) is 10.6. The lowest BCUT2D eigenvalue weighted by Gasteiger charge is -2.37. The molecule has 1 fully saturated rings. The molecule has 4 heterocycles. The minimum atomic E-state index is -0.300. The van der Waals surface area contributed by atoms with Crippen molar-refractivity contribution in [2.45, 2.75) is 13.5 Å². The van der Waals surface area contributed by atoms with Crippen LogP contribution in [-0.4, -0.2) is 56.5 Å². The Morgan fingerprint density at radius 1 is 1.03 bits per heavy atom. The largest absolute Gasteiger partial charge is 0.367 e. The monoisotopic (exact) mass is 430 g/mol. The molecule has 1 saturated heterocycles. The van der Waals surface area contributed by atoms with E-state index < -0.39 is 0 Å². The van der Waals surface area contributed by atoms with Gasteiger partial charge in [-0.3, -0.25) is 4.79 Å². The van der Waals surface area contributed by atoms with Crippen LogP contribution in [0.1, 0.15) is 5.82 Å². The Balaban J connectivity index is 1.30. The van der Waals surface area contributed by atoms with Crippen LogP contribution in [0.4, 0.5) is 10.1 Å². The number of aryl methyl sites for hydroxylation is 1. The molecule has 7 nitrogen and oxygen atoms in total. The van der Waals surface area contributed by atoms with Gasteiger partial charge in [0.15, 0.2) is 0 Å². The molecule has 0 radical (unpaired) electrons. The summed E-state index contributed by atoms with van der Waals surface area (Å²) in [5.41, 5.74) is 3.27. The van der Waals surface area contributed by atoms with Gasteiger partial charge < -0.3 is 14.4 Å². The lowest BCUT2D eigenvalue weighted by Crippen LogP contribution is -2.49. The number of halogens is 1. The minimum Gasteiger partial charge on any atom is -0.367 e. The second-order valence-corrected chi connectivity index (χ2v) is 7.91.